The van der Waals surface area contributed by atoms with Crippen LogP contribution in [-0.4, -0.2) is 32.2 Å². The second kappa shape index (κ2) is 8.99. The summed E-state index contributed by atoms with van der Waals surface area (Å²) in [7, 11) is 0. The summed E-state index contributed by atoms with van der Waals surface area (Å²) in [5.74, 6) is -1.04. The highest BCUT2D eigenvalue weighted by Gasteiger charge is 2.17. The molecular weight excluding hydrogens is 448 g/mol. The number of rotatable bonds is 6. The molecule has 3 N–H and O–H groups in total. The number of carboxylic acids is 1. The van der Waals surface area contributed by atoms with Crippen LogP contribution in [0.5, 0.6) is 5.75 Å². The van der Waals surface area contributed by atoms with Gasteiger partial charge in [-0.15, -0.1) is 0 Å². The molecule has 0 aliphatic heterocycles. The van der Waals surface area contributed by atoms with Crippen LogP contribution >= 0.6 is 0 Å². The molecule has 0 unspecified atom stereocenters. The van der Waals surface area contributed by atoms with Crippen molar-refractivity contribution in [2.45, 2.75) is 0 Å². The lowest BCUT2D eigenvalue weighted by atomic mass is 10.1. The number of para-hydroxylation sites is 1. The molecule has 0 spiro atoms. The summed E-state index contributed by atoms with van der Waals surface area (Å²) in [4.78, 5) is 24.0. The van der Waals surface area contributed by atoms with Crippen molar-refractivity contribution in [2.75, 3.05) is 5.43 Å². The number of nitrogens with one attached hydrogen (secondary N) is 1. The van der Waals surface area contributed by atoms with Crippen molar-refractivity contribution in [1.29, 1.82) is 0 Å². The number of hydrogen-bond acceptors (Lipinski definition) is 7. The number of anilines is 1. The van der Waals surface area contributed by atoms with Gasteiger partial charge in [-0.3, -0.25) is 5.43 Å². The number of nitrogens with zero attached hydrogens (tertiary/aromatic N) is 3. The van der Waals surface area contributed by atoms with Gasteiger partial charge < -0.3 is 14.6 Å². The molecule has 9 heteroatoms. The maximum Gasteiger partial charge on any atom is 0.345 e. The maximum atomic E-state index is 12.8. The molecule has 0 radical (unpaired) electrons. The fraction of sp³-hybridized carbons (Fsp3) is 0. The van der Waals surface area contributed by atoms with E-state index in [4.69, 9.17) is 9.52 Å². The molecule has 2 aromatic heterocycles. The lowest BCUT2D eigenvalue weighted by molar-refractivity contribution is 0.0697. The summed E-state index contributed by atoms with van der Waals surface area (Å²) in [6.45, 7) is 0. The maximum absolute atomic E-state index is 12.8. The van der Waals surface area contributed by atoms with Gasteiger partial charge in [0.15, 0.2) is 0 Å². The number of aromatic hydroxyl groups is 1. The van der Waals surface area contributed by atoms with Crippen LogP contribution in [0.15, 0.2) is 99.4 Å². The van der Waals surface area contributed by atoms with E-state index in [0.29, 0.717) is 22.3 Å². The highest BCUT2D eigenvalue weighted by Crippen LogP contribution is 2.26. The van der Waals surface area contributed by atoms with E-state index in [9.17, 15) is 14.7 Å². The zero-order valence-corrected chi connectivity index (χ0v) is 18.1. The van der Waals surface area contributed by atoms with Crippen LogP contribution in [0.2, 0.25) is 0 Å². The van der Waals surface area contributed by atoms with E-state index in [1.165, 1.54) is 35.2 Å². The Bertz CT molecular complexity index is 1620. The summed E-state index contributed by atoms with van der Waals surface area (Å²) < 4.78 is 6.96. The third kappa shape index (κ3) is 4.51. The Kier molecular flexibility index (Phi) is 5.56. The zero-order valence-electron chi connectivity index (χ0n) is 18.1. The quantitative estimate of drug-likeness (QED) is 0.191. The Balaban J connectivity index is 1.60. The molecule has 3 aromatic carbocycles. The third-order valence-electron chi connectivity index (χ3n) is 5.27. The molecule has 0 atom stereocenters. The molecule has 0 bridgehead atoms. The van der Waals surface area contributed by atoms with Gasteiger partial charge in [0.2, 0.25) is 0 Å². The number of aromatic nitrogens is 2. The van der Waals surface area contributed by atoms with Crippen LogP contribution < -0.4 is 11.1 Å². The minimum atomic E-state index is -1.03. The number of aromatic carboxylic acids is 1. The second-order valence-corrected chi connectivity index (χ2v) is 7.64. The normalized spacial score (nSPS) is 11.2. The lowest BCUT2D eigenvalue weighted by Gasteiger charge is -2.03. The molecule has 9 nitrogen and oxygen atoms in total. The first kappa shape index (κ1) is 21.7. The molecule has 5 aromatic rings. The van der Waals surface area contributed by atoms with E-state index in [2.05, 4.69) is 15.6 Å². The summed E-state index contributed by atoms with van der Waals surface area (Å²) in [5.41, 5.74) is 5.16. The van der Waals surface area contributed by atoms with Gasteiger partial charge in [0.05, 0.1) is 28.7 Å². The topological polar surface area (TPSA) is 130 Å². The van der Waals surface area contributed by atoms with E-state index in [1.54, 1.807) is 30.5 Å². The second-order valence-electron chi connectivity index (χ2n) is 7.64. The van der Waals surface area contributed by atoms with Crippen LogP contribution in [0.1, 0.15) is 15.9 Å². The summed E-state index contributed by atoms with van der Waals surface area (Å²) in [6.07, 6.45) is 3.22. The Hall–Kier alpha value is -5.18. The molecule has 0 fully saturated rings. The lowest BCUT2D eigenvalue weighted by Crippen LogP contribution is -2.05. The molecule has 0 aliphatic carbocycles. The van der Waals surface area contributed by atoms with Crippen LogP contribution in [-0.2, 0) is 0 Å². The molecule has 0 aliphatic rings. The van der Waals surface area contributed by atoms with E-state index in [1.807, 2.05) is 30.3 Å². The van der Waals surface area contributed by atoms with Gasteiger partial charge in [-0.25, -0.2) is 14.3 Å². The predicted molar refractivity (Wildman–Crippen MR) is 131 cm³/mol. The number of phenols is 1. The van der Waals surface area contributed by atoms with Crippen molar-refractivity contribution >= 4 is 28.8 Å². The van der Waals surface area contributed by atoms with E-state index >= 15 is 0 Å². The van der Waals surface area contributed by atoms with Crippen LogP contribution in [0, 0.1) is 0 Å². The average molecular weight is 466 g/mol. The SMILES string of the molecule is O=C(O)c1ccc(-n2cc(/C=N/Nc3ccccc3)c(-c3cc4ccc(O)cc4oc3=O)n2)cc1. The zero-order chi connectivity index (χ0) is 24.4. The number of carbonyl (C=O) groups is 1. The Morgan fingerprint density at radius 1 is 1.03 bits per heavy atom. The number of fused-ring (bicyclic) bond motifs is 1. The Morgan fingerprint density at radius 3 is 2.54 bits per heavy atom. The smallest absolute Gasteiger partial charge is 0.345 e. The molecule has 2 heterocycles. The number of hydrogen-bond donors (Lipinski definition) is 3. The van der Waals surface area contributed by atoms with Gasteiger partial charge in [0, 0.05) is 23.2 Å². The first-order chi connectivity index (χ1) is 17.0. The number of benzene rings is 3. The minimum Gasteiger partial charge on any atom is -0.508 e. The van der Waals surface area contributed by atoms with E-state index in [0.717, 1.165) is 5.69 Å². The van der Waals surface area contributed by atoms with E-state index < -0.39 is 11.6 Å². The minimum absolute atomic E-state index is 0.0118. The number of hydrazone groups is 1. The van der Waals surface area contributed by atoms with Crippen molar-refractivity contribution in [3.8, 4) is 22.7 Å². The first-order valence-corrected chi connectivity index (χ1v) is 10.5. The molecular formula is C26H18N4O5. The van der Waals surface area contributed by atoms with Crippen LogP contribution in [0.25, 0.3) is 27.9 Å². The van der Waals surface area contributed by atoms with Crippen molar-refractivity contribution in [3.63, 3.8) is 0 Å². The van der Waals surface area contributed by atoms with Crippen molar-refractivity contribution in [1.82, 2.24) is 9.78 Å². The molecule has 35 heavy (non-hydrogen) atoms. The van der Waals surface area contributed by atoms with E-state index in [-0.39, 0.29) is 22.5 Å². The highest BCUT2D eigenvalue weighted by molar-refractivity contribution is 5.91. The average Bonchev–Trinajstić information content (AvgIpc) is 3.28. The monoisotopic (exact) mass is 466 g/mol. The van der Waals surface area contributed by atoms with Gasteiger partial charge in [0.1, 0.15) is 17.0 Å². The summed E-state index contributed by atoms with van der Waals surface area (Å²) >= 11 is 0. The molecule has 5 rings (SSSR count). The van der Waals surface area contributed by atoms with Crippen LogP contribution in [0.3, 0.4) is 0 Å². The highest BCUT2D eigenvalue weighted by atomic mass is 16.4. The first-order valence-electron chi connectivity index (χ1n) is 10.5. The fourth-order valence-electron chi connectivity index (χ4n) is 3.53. The van der Waals surface area contributed by atoms with Crippen molar-refractivity contribution in [3.05, 3.63) is 107 Å². The summed E-state index contributed by atoms with van der Waals surface area (Å²) in [6, 6.07) is 21.7. The molecule has 0 saturated heterocycles. The predicted octanol–water partition coefficient (Wildman–Crippen LogP) is 4.50. The third-order valence-corrected chi connectivity index (χ3v) is 5.27. The van der Waals surface area contributed by atoms with Gasteiger partial charge >= 0.3 is 11.6 Å². The Labute approximate surface area is 198 Å². The van der Waals surface area contributed by atoms with Gasteiger partial charge in [-0.05, 0) is 54.6 Å². The molecule has 0 amide bonds. The number of phenolic OH excluding ortho intramolecular Hbond substituents is 1. The van der Waals surface area contributed by atoms with Gasteiger partial charge in [-0.1, -0.05) is 18.2 Å². The van der Waals surface area contributed by atoms with Crippen molar-refractivity contribution in [2.24, 2.45) is 5.10 Å². The van der Waals surface area contributed by atoms with Crippen molar-refractivity contribution < 1.29 is 19.4 Å². The van der Waals surface area contributed by atoms with Gasteiger partial charge in [0.25, 0.3) is 0 Å². The van der Waals surface area contributed by atoms with Gasteiger partial charge in [-0.2, -0.15) is 10.2 Å². The fourth-order valence-corrected chi connectivity index (χ4v) is 3.53. The standard InChI is InChI=1S/C26H18N4O5/c31-21-11-8-17-12-22(26(34)35-23(17)13-21)24-18(14-27-28-19-4-2-1-3-5-19)15-30(29-24)20-9-6-16(7-10-20)25(32)33/h1-15,28,31H,(H,32,33)/b27-14+. The summed E-state index contributed by atoms with van der Waals surface area (Å²) in [5, 5.41) is 28.3. The Morgan fingerprint density at radius 2 is 1.80 bits per heavy atom. The molecule has 0 saturated carbocycles. The number of carboxylic acid groups (broad SMARTS) is 1. The largest absolute Gasteiger partial charge is 0.508 e. The van der Waals surface area contributed by atoms with Crippen LogP contribution in [0.4, 0.5) is 5.69 Å². The molecule has 172 valence electrons.